The summed E-state index contributed by atoms with van der Waals surface area (Å²) in [4.78, 5) is 16.5. The van der Waals surface area contributed by atoms with E-state index in [1.165, 1.54) is 6.42 Å². The van der Waals surface area contributed by atoms with Crippen LogP contribution in [0.1, 0.15) is 23.2 Å². The van der Waals surface area contributed by atoms with E-state index in [1.54, 1.807) is 12.3 Å². The molecule has 1 aliphatic rings. The highest BCUT2D eigenvalue weighted by Gasteiger charge is 2.16. The monoisotopic (exact) mass is 255 g/mol. The second-order valence-corrected chi connectivity index (χ2v) is 4.88. The molecule has 0 spiro atoms. The molecule has 0 bridgehead atoms. The molecule has 1 unspecified atom stereocenters. The summed E-state index contributed by atoms with van der Waals surface area (Å²) in [5, 5.41) is 7.28. The molecule has 1 aromatic carbocycles. The molecular weight excluding hydrogens is 238 g/mol. The van der Waals surface area contributed by atoms with Crippen LogP contribution in [-0.2, 0) is 0 Å². The number of para-hydroxylation sites is 1. The summed E-state index contributed by atoms with van der Waals surface area (Å²) in [5.74, 6) is -0.0210. The van der Waals surface area contributed by atoms with Crippen LogP contribution in [-0.4, -0.2) is 30.0 Å². The van der Waals surface area contributed by atoms with Crippen molar-refractivity contribution in [1.82, 2.24) is 15.6 Å². The Hall–Kier alpha value is -1.94. The van der Waals surface area contributed by atoms with Gasteiger partial charge in [0.15, 0.2) is 0 Å². The lowest BCUT2D eigenvalue weighted by molar-refractivity contribution is 0.0952. The quantitative estimate of drug-likeness (QED) is 0.878. The van der Waals surface area contributed by atoms with Gasteiger partial charge in [0, 0.05) is 24.2 Å². The number of pyridine rings is 1. The molecule has 1 fully saturated rings. The van der Waals surface area contributed by atoms with Crippen molar-refractivity contribution < 1.29 is 4.79 Å². The van der Waals surface area contributed by atoms with E-state index in [2.05, 4.69) is 15.6 Å². The van der Waals surface area contributed by atoms with Gasteiger partial charge >= 0.3 is 0 Å². The number of hydrogen-bond acceptors (Lipinski definition) is 3. The van der Waals surface area contributed by atoms with Gasteiger partial charge in [0.25, 0.3) is 5.91 Å². The fourth-order valence-electron chi connectivity index (χ4n) is 2.54. The molecule has 0 radical (unpaired) electrons. The van der Waals surface area contributed by atoms with Crippen molar-refractivity contribution >= 4 is 16.8 Å². The number of hydrogen-bond donors (Lipinski definition) is 2. The number of rotatable bonds is 3. The maximum Gasteiger partial charge on any atom is 0.252 e. The number of nitrogens with zero attached hydrogens (tertiary/aromatic N) is 1. The van der Waals surface area contributed by atoms with Crippen molar-refractivity contribution in [2.24, 2.45) is 0 Å². The average molecular weight is 255 g/mol. The summed E-state index contributed by atoms with van der Waals surface area (Å²) < 4.78 is 0. The van der Waals surface area contributed by atoms with Crippen molar-refractivity contribution in [3.8, 4) is 0 Å². The third-order valence-corrected chi connectivity index (χ3v) is 3.57. The van der Waals surface area contributed by atoms with Crippen LogP contribution in [0.5, 0.6) is 0 Å². The SMILES string of the molecule is O=C(NCC1CCCN1)c1ccnc2ccccc12. The van der Waals surface area contributed by atoms with Gasteiger partial charge in [-0.15, -0.1) is 0 Å². The molecule has 0 aliphatic carbocycles. The van der Waals surface area contributed by atoms with E-state index in [-0.39, 0.29) is 5.91 Å². The summed E-state index contributed by atoms with van der Waals surface area (Å²) in [5.41, 5.74) is 1.55. The number of aromatic nitrogens is 1. The van der Waals surface area contributed by atoms with Gasteiger partial charge in [-0.1, -0.05) is 18.2 Å². The van der Waals surface area contributed by atoms with E-state index in [0.29, 0.717) is 18.2 Å². The van der Waals surface area contributed by atoms with Gasteiger partial charge in [-0.3, -0.25) is 9.78 Å². The zero-order valence-electron chi connectivity index (χ0n) is 10.7. The maximum absolute atomic E-state index is 12.2. The number of benzene rings is 1. The van der Waals surface area contributed by atoms with Crippen molar-refractivity contribution in [2.45, 2.75) is 18.9 Å². The average Bonchev–Trinajstić information content (AvgIpc) is 2.97. The summed E-state index contributed by atoms with van der Waals surface area (Å²) in [6, 6.07) is 9.91. The Bertz CT molecular complexity index is 585. The van der Waals surface area contributed by atoms with E-state index < -0.39 is 0 Å². The van der Waals surface area contributed by atoms with Crippen LogP contribution in [0, 0.1) is 0 Å². The van der Waals surface area contributed by atoms with Crippen LogP contribution < -0.4 is 10.6 Å². The molecule has 2 aromatic rings. The topological polar surface area (TPSA) is 54.0 Å². The lowest BCUT2D eigenvalue weighted by atomic mass is 10.1. The molecule has 19 heavy (non-hydrogen) atoms. The molecule has 98 valence electrons. The fourth-order valence-corrected chi connectivity index (χ4v) is 2.54. The first-order chi connectivity index (χ1) is 9.34. The molecule has 2 heterocycles. The summed E-state index contributed by atoms with van der Waals surface area (Å²) >= 11 is 0. The normalized spacial score (nSPS) is 18.6. The molecule has 1 aromatic heterocycles. The smallest absolute Gasteiger partial charge is 0.252 e. The zero-order valence-corrected chi connectivity index (χ0v) is 10.7. The largest absolute Gasteiger partial charge is 0.350 e. The minimum Gasteiger partial charge on any atom is -0.350 e. The Balaban J connectivity index is 1.77. The van der Waals surface area contributed by atoms with Crippen molar-refractivity contribution in [3.05, 3.63) is 42.1 Å². The Morgan fingerprint density at radius 3 is 3.11 bits per heavy atom. The number of carbonyl (C=O) groups excluding carboxylic acids is 1. The van der Waals surface area contributed by atoms with E-state index >= 15 is 0 Å². The highest BCUT2D eigenvalue weighted by molar-refractivity contribution is 6.05. The highest BCUT2D eigenvalue weighted by Crippen LogP contribution is 2.16. The van der Waals surface area contributed by atoms with E-state index in [0.717, 1.165) is 23.9 Å². The Labute approximate surface area is 112 Å². The molecule has 0 saturated carbocycles. The minimum atomic E-state index is -0.0210. The van der Waals surface area contributed by atoms with Crippen LogP contribution in [0.2, 0.25) is 0 Å². The Kier molecular flexibility index (Phi) is 3.42. The van der Waals surface area contributed by atoms with Crippen LogP contribution in [0.4, 0.5) is 0 Å². The maximum atomic E-state index is 12.2. The van der Waals surface area contributed by atoms with Crippen molar-refractivity contribution in [1.29, 1.82) is 0 Å². The third kappa shape index (κ3) is 2.58. The van der Waals surface area contributed by atoms with Crippen molar-refractivity contribution in [3.63, 3.8) is 0 Å². The molecule has 1 amide bonds. The Morgan fingerprint density at radius 2 is 2.26 bits per heavy atom. The van der Waals surface area contributed by atoms with Gasteiger partial charge in [-0.25, -0.2) is 0 Å². The van der Waals surface area contributed by atoms with Gasteiger partial charge in [-0.05, 0) is 31.5 Å². The van der Waals surface area contributed by atoms with Gasteiger partial charge in [0.05, 0.1) is 11.1 Å². The predicted octanol–water partition coefficient (Wildman–Crippen LogP) is 1.72. The van der Waals surface area contributed by atoms with Crippen molar-refractivity contribution in [2.75, 3.05) is 13.1 Å². The van der Waals surface area contributed by atoms with Gasteiger partial charge in [-0.2, -0.15) is 0 Å². The fraction of sp³-hybridized carbons (Fsp3) is 0.333. The van der Waals surface area contributed by atoms with Crippen LogP contribution in [0.3, 0.4) is 0 Å². The Morgan fingerprint density at radius 1 is 1.37 bits per heavy atom. The first-order valence-electron chi connectivity index (χ1n) is 6.70. The molecule has 1 aliphatic heterocycles. The number of fused-ring (bicyclic) bond motifs is 1. The minimum absolute atomic E-state index is 0.0210. The zero-order chi connectivity index (χ0) is 13.1. The summed E-state index contributed by atoms with van der Waals surface area (Å²) in [6.07, 6.45) is 4.02. The van der Waals surface area contributed by atoms with Crippen LogP contribution >= 0.6 is 0 Å². The number of amides is 1. The third-order valence-electron chi connectivity index (χ3n) is 3.57. The van der Waals surface area contributed by atoms with Crippen LogP contribution in [0.15, 0.2) is 36.5 Å². The van der Waals surface area contributed by atoms with Gasteiger partial charge in [0.1, 0.15) is 0 Å². The number of carbonyl (C=O) groups is 1. The van der Waals surface area contributed by atoms with E-state index in [1.807, 2.05) is 24.3 Å². The second-order valence-electron chi connectivity index (χ2n) is 4.88. The van der Waals surface area contributed by atoms with E-state index in [4.69, 9.17) is 0 Å². The molecule has 4 heteroatoms. The molecule has 1 atom stereocenters. The molecule has 2 N–H and O–H groups in total. The molecular formula is C15H17N3O. The van der Waals surface area contributed by atoms with Gasteiger partial charge < -0.3 is 10.6 Å². The standard InChI is InChI=1S/C15H17N3O/c19-15(18-10-11-4-3-8-16-11)13-7-9-17-14-6-2-1-5-12(13)14/h1-2,5-7,9,11,16H,3-4,8,10H2,(H,18,19). The van der Waals surface area contributed by atoms with E-state index in [9.17, 15) is 4.79 Å². The first kappa shape index (κ1) is 12.1. The lowest BCUT2D eigenvalue weighted by Crippen LogP contribution is -2.37. The van der Waals surface area contributed by atoms with Gasteiger partial charge in [0.2, 0.25) is 0 Å². The first-order valence-corrected chi connectivity index (χ1v) is 6.70. The molecule has 4 nitrogen and oxygen atoms in total. The summed E-state index contributed by atoms with van der Waals surface area (Å²) in [7, 11) is 0. The molecule has 1 saturated heterocycles. The van der Waals surface area contributed by atoms with Crippen LogP contribution in [0.25, 0.3) is 10.9 Å². The predicted molar refractivity (Wildman–Crippen MR) is 75.1 cm³/mol. The second kappa shape index (κ2) is 5.36. The number of nitrogens with one attached hydrogen (secondary N) is 2. The highest BCUT2D eigenvalue weighted by atomic mass is 16.1. The summed E-state index contributed by atoms with van der Waals surface area (Å²) in [6.45, 7) is 1.74. The lowest BCUT2D eigenvalue weighted by Gasteiger charge is -2.12. The molecule has 3 rings (SSSR count).